The minimum absolute atomic E-state index is 0.163. The molecule has 0 aliphatic rings. The number of carbonyl (C=O) groups is 2. The number of ether oxygens (including phenoxy) is 1. The van der Waals surface area contributed by atoms with Crippen molar-refractivity contribution < 1.29 is 14.3 Å². The van der Waals surface area contributed by atoms with Gasteiger partial charge in [0, 0.05) is 5.56 Å². The third-order valence-corrected chi connectivity index (χ3v) is 1.88. The Morgan fingerprint density at radius 3 is 2.77 bits per heavy atom. The lowest BCUT2D eigenvalue weighted by Gasteiger charge is -2.02. The zero-order valence-corrected chi connectivity index (χ0v) is 7.67. The van der Waals surface area contributed by atoms with E-state index in [0.29, 0.717) is 5.75 Å². The van der Waals surface area contributed by atoms with Gasteiger partial charge in [-0.2, -0.15) is 0 Å². The minimum atomic E-state index is -0.649. The van der Waals surface area contributed by atoms with Crippen LogP contribution in [0.4, 0.5) is 0 Å². The molecule has 0 aromatic heterocycles. The third-order valence-electron chi connectivity index (χ3n) is 1.55. The number of hydrogen-bond donors (Lipinski definition) is 0. The van der Waals surface area contributed by atoms with Crippen LogP contribution in [0.3, 0.4) is 0 Å². The number of hydrogen-bond acceptors (Lipinski definition) is 3. The quantitative estimate of drug-likeness (QED) is 0.422. The first-order valence-electron chi connectivity index (χ1n) is 3.52. The predicted molar refractivity (Wildman–Crippen MR) is 48.4 cm³/mol. The molecule has 3 nitrogen and oxygen atoms in total. The maximum Gasteiger partial charge on any atom is 0.226 e. The molecule has 1 aromatic carbocycles. The Kier molecular flexibility index (Phi) is 3.03. The van der Waals surface area contributed by atoms with Crippen molar-refractivity contribution in [2.24, 2.45) is 0 Å². The first-order valence-corrected chi connectivity index (χ1v) is 3.90. The number of methoxy groups -OCH3 is 1. The molecule has 0 saturated carbocycles. The van der Waals surface area contributed by atoms with Crippen molar-refractivity contribution in [1.29, 1.82) is 0 Å². The topological polar surface area (TPSA) is 43.4 Å². The van der Waals surface area contributed by atoms with Crippen molar-refractivity contribution in [3.05, 3.63) is 28.8 Å². The molecule has 0 amide bonds. The maximum absolute atomic E-state index is 11.0. The van der Waals surface area contributed by atoms with Crippen molar-refractivity contribution in [3.63, 3.8) is 0 Å². The summed E-state index contributed by atoms with van der Waals surface area (Å²) in [6.07, 6.45) is 0.223. The van der Waals surface area contributed by atoms with Gasteiger partial charge < -0.3 is 4.74 Å². The molecule has 13 heavy (non-hydrogen) atoms. The Bertz CT molecular complexity index is 347. The SMILES string of the molecule is COc1ccc(Cl)c(C(=O)C=O)c1. The molecular formula is C9H7ClO3. The first-order chi connectivity index (χ1) is 6.19. The summed E-state index contributed by atoms with van der Waals surface area (Å²) in [5, 5.41) is 0.248. The van der Waals surface area contributed by atoms with E-state index in [2.05, 4.69) is 0 Å². The summed E-state index contributed by atoms with van der Waals surface area (Å²) in [4.78, 5) is 21.2. The van der Waals surface area contributed by atoms with E-state index < -0.39 is 5.78 Å². The van der Waals surface area contributed by atoms with Crippen LogP contribution in [0.15, 0.2) is 18.2 Å². The molecule has 0 N–H and O–H groups in total. The molecule has 0 aliphatic carbocycles. The Labute approximate surface area is 80.3 Å². The van der Waals surface area contributed by atoms with Gasteiger partial charge in [0.25, 0.3) is 0 Å². The minimum Gasteiger partial charge on any atom is -0.497 e. The Morgan fingerprint density at radius 2 is 2.23 bits per heavy atom. The first kappa shape index (κ1) is 9.74. The maximum atomic E-state index is 11.0. The molecule has 68 valence electrons. The van der Waals surface area contributed by atoms with Crippen molar-refractivity contribution in [1.82, 2.24) is 0 Å². The number of benzene rings is 1. The second kappa shape index (κ2) is 4.05. The average Bonchev–Trinajstić information content (AvgIpc) is 2.17. The number of carbonyl (C=O) groups excluding carboxylic acids is 2. The number of rotatable bonds is 3. The van der Waals surface area contributed by atoms with Gasteiger partial charge in [0.05, 0.1) is 12.1 Å². The zero-order chi connectivity index (χ0) is 9.84. The normalized spacial score (nSPS) is 9.38. The lowest BCUT2D eigenvalue weighted by Crippen LogP contribution is -2.01. The molecule has 0 heterocycles. The average molecular weight is 199 g/mol. The highest BCUT2D eigenvalue weighted by molar-refractivity contribution is 6.41. The van der Waals surface area contributed by atoms with Crippen LogP contribution in [0.1, 0.15) is 10.4 Å². The van der Waals surface area contributed by atoms with E-state index in [1.807, 2.05) is 0 Å². The molecule has 1 aromatic rings. The van der Waals surface area contributed by atoms with Crippen molar-refractivity contribution >= 4 is 23.7 Å². The van der Waals surface area contributed by atoms with Gasteiger partial charge >= 0.3 is 0 Å². The number of ketones is 1. The second-order valence-corrected chi connectivity index (χ2v) is 2.74. The molecule has 0 spiro atoms. The summed E-state index contributed by atoms with van der Waals surface area (Å²) >= 11 is 5.69. The lowest BCUT2D eigenvalue weighted by atomic mass is 10.1. The van der Waals surface area contributed by atoms with Gasteiger partial charge in [0.15, 0.2) is 6.29 Å². The van der Waals surface area contributed by atoms with Gasteiger partial charge in [-0.15, -0.1) is 0 Å². The van der Waals surface area contributed by atoms with Crippen LogP contribution >= 0.6 is 11.6 Å². The van der Waals surface area contributed by atoms with Gasteiger partial charge in [0.2, 0.25) is 5.78 Å². The van der Waals surface area contributed by atoms with Gasteiger partial charge in [0.1, 0.15) is 5.75 Å². The van der Waals surface area contributed by atoms with E-state index in [-0.39, 0.29) is 16.9 Å². The van der Waals surface area contributed by atoms with Gasteiger partial charge in [-0.1, -0.05) is 11.6 Å². The molecule has 0 atom stereocenters. The van der Waals surface area contributed by atoms with E-state index in [0.717, 1.165) is 0 Å². The monoisotopic (exact) mass is 198 g/mol. The number of Topliss-reactive ketones (excluding diaryl/α,β-unsaturated/α-hetero) is 1. The molecule has 0 saturated heterocycles. The van der Waals surface area contributed by atoms with Crippen LogP contribution in [0, 0.1) is 0 Å². The van der Waals surface area contributed by atoms with Gasteiger partial charge in [-0.25, -0.2) is 0 Å². The summed E-state index contributed by atoms with van der Waals surface area (Å²) in [6, 6.07) is 4.56. The number of aldehydes is 1. The van der Waals surface area contributed by atoms with E-state index in [1.54, 1.807) is 6.07 Å². The molecule has 0 aliphatic heterocycles. The highest BCUT2D eigenvalue weighted by Gasteiger charge is 2.09. The highest BCUT2D eigenvalue weighted by Crippen LogP contribution is 2.21. The summed E-state index contributed by atoms with van der Waals surface area (Å²) < 4.78 is 4.88. The largest absolute Gasteiger partial charge is 0.497 e. The van der Waals surface area contributed by atoms with Crippen molar-refractivity contribution in [2.75, 3.05) is 7.11 Å². The molecule has 1 rings (SSSR count). The number of halogens is 1. The van der Waals surface area contributed by atoms with Gasteiger partial charge in [-0.05, 0) is 18.2 Å². The summed E-state index contributed by atoms with van der Waals surface area (Å²) in [7, 11) is 1.47. The summed E-state index contributed by atoms with van der Waals surface area (Å²) in [5.41, 5.74) is 0.163. The molecule has 4 heteroatoms. The van der Waals surface area contributed by atoms with E-state index in [4.69, 9.17) is 16.3 Å². The predicted octanol–water partition coefficient (Wildman–Crippen LogP) is 1.73. The van der Waals surface area contributed by atoms with Crippen LogP contribution in [0.25, 0.3) is 0 Å². The van der Waals surface area contributed by atoms with Crippen LogP contribution in [0.2, 0.25) is 5.02 Å². The Balaban J connectivity index is 3.18. The molecule has 0 fully saturated rings. The highest BCUT2D eigenvalue weighted by atomic mass is 35.5. The third kappa shape index (κ3) is 2.06. The van der Waals surface area contributed by atoms with Crippen molar-refractivity contribution in [3.8, 4) is 5.75 Å². The second-order valence-electron chi connectivity index (χ2n) is 2.33. The fourth-order valence-corrected chi connectivity index (χ4v) is 1.09. The van der Waals surface area contributed by atoms with Crippen LogP contribution in [-0.2, 0) is 4.79 Å². The van der Waals surface area contributed by atoms with Gasteiger partial charge in [-0.3, -0.25) is 9.59 Å². The molecular weight excluding hydrogens is 192 g/mol. The molecule has 0 radical (unpaired) electrons. The van der Waals surface area contributed by atoms with E-state index in [1.165, 1.54) is 19.2 Å². The Morgan fingerprint density at radius 1 is 1.54 bits per heavy atom. The lowest BCUT2D eigenvalue weighted by molar-refractivity contribution is -0.104. The van der Waals surface area contributed by atoms with Crippen molar-refractivity contribution in [2.45, 2.75) is 0 Å². The van der Waals surface area contributed by atoms with Crippen LogP contribution in [0.5, 0.6) is 5.75 Å². The Hall–Kier alpha value is -1.35. The van der Waals surface area contributed by atoms with Crippen LogP contribution in [-0.4, -0.2) is 19.2 Å². The smallest absolute Gasteiger partial charge is 0.226 e. The van der Waals surface area contributed by atoms with E-state index in [9.17, 15) is 9.59 Å². The summed E-state index contributed by atoms with van der Waals surface area (Å²) in [5.74, 6) is -0.154. The van der Waals surface area contributed by atoms with Crippen LogP contribution < -0.4 is 4.74 Å². The summed E-state index contributed by atoms with van der Waals surface area (Å²) in [6.45, 7) is 0. The fourth-order valence-electron chi connectivity index (χ4n) is 0.884. The molecule has 0 bridgehead atoms. The zero-order valence-electron chi connectivity index (χ0n) is 6.91. The van der Waals surface area contributed by atoms with E-state index >= 15 is 0 Å². The fraction of sp³-hybridized carbons (Fsp3) is 0.111. The standard InChI is InChI=1S/C9H7ClO3/c1-13-6-2-3-8(10)7(4-6)9(12)5-11/h2-5H,1H3. The molecule has 0 unspecified atom stereocenters.